The summed E-state index contributed by atoms with van der Waals surface area (Å²) >= 11 is 0. The lowest BCUT2D eigenvalue weighted by molar-refractivity contribution is -0.0937. The van der Waals surface area contributed by atoms with Crippen molar-refractivity contribution in [1.82, 2.24) is 24.9 Å². The number of aliphatic hydroxyl groups excluding tert-OH is 1. The average molecular weight is 624 g/mol. The number of aliphatic hydroxyl groups is 1. The van der Waals surface area contributed by atoms with Gasteiger partial charge in [-0.15, -0.1) is 0 Å². The maximum Gasteiger partial charge on any atom is 0.407 e. The van der Waals surface area contributed by atoms with Gasteiger partial charge in [-0.2, -0.15) is 0 Å². The van der Waals surface area contributed by atoms with E-state index in [-0.39, 0.29) is 18.7 Å². The minimum absolute atomic E-state index is 0.242. The number of likely N-dealkylation sites (N-methyl/N-ethyl adjacent to an activating group) is 1. The third kappa shape index (κ3) is 14.9. The number of ether oxygens (including phenoxy) is 1. The molecule has 0 aromatic carbocycles. The molecule has 0 aromatic rings. The van der Waals surface area contributed by atoms with E-state index in [1.165, 1.54) is 26.9 Å². The lowest BCUT2D eigenvalue weighted by Crippen LogP contribution is -2.66. The average Bonchev–Trinajstić information content (AvgIpc) is 2.99. The first-order chi connectivity index (χ1) is 21.1. The maximum atomic E-state index is 13.3. The van der Waals surface area contributed by atoms with Gasteiger partial charge in [0.25, 0.3) is 0 Å². The number of urea groups is 2. The number of hydrogen-bond donors (Lipinski definition) is 2. The largest absolute Gasteiger partial charge is 0.448 e. The summed E-state index contributed by atoms with van der Waals surface area (Å²) in [6.07, 6.45) is 10.1. The fourth-order valence-corrected chi connectivity index (χ4v) is 4.48. The monoisotopic (exact) mass is 623 g/mol. The molecule has 1 atom stereocenters. The zero-order valence-corrected chi connectivity index (χ0v) is 27.1. The molecule has 44 heavy (non-hydrogen) atoms. The van der Waals surface area contributed by atoms with E-state index in [1.807, 2.05) is 32.8 Å². The van der Waals surface area contributed by atoms with Crippen LogP contribution in [0.2, 0.25) is 0 Å². The van der Waals surface area contributed by atoms with Crippen molar-refractivity contribution in [3.8, 4) is 0 Å². The van der Waals surface area contributed by atoms with Crippen molar-refractivity contribution >= 4 is 30.3 Å². The molecule has 1 aliphatic heterocycles. The second-order valence-electron chi connectivity index (χ2n) is 11.8. The van der Waals surface area contributed by atoms with E-state index in [9.17, 15) is 29.1 Å². The summed E-state index contributed by atoms with van der Waals surface area (Å²) in [4.78, 5) is 71.8. The van der Waals surface area contributed by atoms with Crippen LogP contribution in [0.25, 0.3) is 0 Å². The Morgan fingerprint density at radius 2 is 1.27 bits per heavy atom. The number of unbranched alkanes of at least 4 members (excludes halogenated alkanes) is 9. The number of carbonyl (C=O) groups is 3. The Morgan fingerprint density at radius 3 is 1.75 bits per heavy atom. The van der Waals surface area contributed by atoms with Crippen LogP contribution in [0, 0.1) is 0 Å². The zero-order valence-electron chi connectivity index (χ0n) is 27.1. The molecular weight excluding hydrogens is 570 g/mol. The van der Waals surface area contributed by atoms with E-state index < -0.39 is 24.5 Å². The standard InChI is InChI=1S/C30H53N7O7/c1-30(2,34(3)4)23-44-26(40)33-19-13-7-10-16-22-37-28(42)35(20-14-8-5-11-17-31-24-38)27(41)36(29(37)43)21-15-9-6-12-18-32-25-39/h28,42H,5-23H2,1-4H3,(H,33,40). The van der Waals surface area contributed by atoms with Crippen LogP contribution in [-0.4, -0.2) is 127 Å². The second-order valence-corrected chi connectivity index (χ2v) is 11.8. The van der Waals surface area contributed by atoms with Crippen LogP contribution in [0.1, 0.15) is 90.9 Å². The Labute approximate surface area is 261 Å². The number of nitrogens with zero attached hydrogens (tertiary/aromatic N) is 6. The van der Waals surface area contributed by atoms with Crippen molar-refractivity contribution in [2.24, 2.45) is 9.98 Å². The molecule has 14 nitrogen and oxygen atoms in total. The fourth-order valence-electron chi connectivity index (χ4n) is 4.48. The number of imide groups is 1. The van der Waals surface area contributed by atoms with Crippen molar-refractivity contribution in [2.45, 2.75) is 103 Å². The van der Waals surface area contributed by atoms with E-state index in [0.29, 0.717) is 52.0 Å². The van der Waals surface area contributed by atoms with E-state index in [2.05, 4.69) is 15.3 Å². The summed E-state index contributed by atoms with van der Waals surface area (Å²) in [7, 11) is 3.86. The van der Waals surface area contributed by atoms with Gasteiger partial charge in [-0.05, 0) is 66.5 Å². The minimum Gasteiger partial charge on any atom is -0.448 e. The summed E-state index contributed by atoms with van der Waals surface area (Å²) in [6.45, 7) is 6.40. The molecule has 1 heterocycles. The number of aliphatic imine (C=N–C) groups is 2. The Kier molecular flexibility index (Phi) is 19.6. The lowest BCUT2D eigenvalue weighted by Gasteiger charge is -2.44. The number of rotatable bonds is 24. The van der Waals surface area contributed by atoms with Gasteiger partial charge in [-0.1, -0.05) is 38.5 Å². The molecule has 0 saturated carbocycles. The van der Waals surface area contributed by atoms with Crippen molar-refractivity contribution in [3.63, 3.8) is 0 Å². The summed E-state index contributed by atoms with van der Waals surface area (Å²) < 4.78 is 5.30. The Balaban J connectivity index is 2.57. The SMILES string of the molecule is CN(C)C(C)(C)COC(=O)NCCCCCCN1C(=O)N(CCCCCCN=C=O)C(=O)N(CCCCCCN=C=O)C1O. The number of hydrogen-bond acceptors (Lipinski definition) is 10. The van der Waals surface area contributed by atoms with Crippen molar-refractivity contribution < 1.29 is 33.8 Å². The lowest BCUT2D eigenvalue weighted by atomic mass is 10.1. The minimum atomic E-state index is -1.34. The number of carbonyl (C=O) groups excluding carboxylic acids is 5. The van der Waals surface area contributed by atoms with E-state index in [0.717, 1.165) is 57.8 Å². The van der Waals surface area contributed by atoms with Gasteiger partial charge in [-0.25, -0.2) is 38.9 Å². The van der Waals surface area contributed by atoms with Gasteiger partial charge in [0.1, 0.15) is 6.61 Å². The van der Waals surface area contributed by atoms with Gasteiger partial charge in [-0.3, -0.25) is 9.80 Å². The number of nitrogens with one attached hydrogen (secondary N) is 1. The summed E-state index contributed by atoms with van der Waals surface area (Å²) in [6, 6.07) is -0.997. The molecule has 0 radical (unpaired) electrons. The molecule has 5 amide bonds. The predicted octanol–water partition coefficient (Wildman–Crippen LogP) is 3.84. The van der Waals surface area contributed by atoms with Crippen LogP contribution in [0.4, 0.5) is 14.4 Å². The summed E-state index contributed by atoms with van der Waals surface area (Å²) in [5, 5.41) is 13.8. The van der Waals surface area contributed by atoms with Crippen LogP contribution >= 0.6 is 0 Å². The fraction of sp³-hybridized carbons (Fsp3) is 0.833. The highest BCUT2D eigenvalue weighted by Crippen LogP contribution is 2.21. The number of isocyanates is 2. The Hall–Kier alpha value is -3.31. The zero-order chi connectivity index (χ0) is 32.8. The van der Waals surface area contributed by atoms with Gasteiger partial charge in [0, 0.05) is 31.7 Å². The van der Waals surface area contributed by atoms with Crippen molar-refractivity contribution in [2.75, 3.05) is 60.0 Å². The van der Waals surface area contributed by atoms with Gasteiger partial charge >= 0.3 is 18.2 Å². The molecule has 1 fully saturated rings. The molecule has 250 valence electrons. The van der Waals surface area contributed by atoms with Crippen molar-refractivity contribution in [1.29, 1.82) is 0 Å². The highest BCUT2D eigenvalue weighted by Gasteiger charge is 2.42. The Morgan fingerprint density at radius 1 is 0.818 bits per heavy atom. The molecule has 1 unspecified atom stereocenters. The predicted molar refractivity (Wildman–Crippen MR) is 165 cm³/mol. The van der Waals surface area contributed by atoms with Gasteiger partial charge < -0.3 is 20.1 Å². The molecule has 0 aliphatic carbocycles. The third-order valence-corrected chi connectivity index (χ3v) is 7.82. The van der Waals surface area contributed by atoms with Gasteiger partial charge in [0.15, 0.2) is 0 Å². The highest BCUT2D eigenvalue weighted by molar-refractivity contribution is 5.96. The number of amides is 5. The van der Waals surface area contributed by atoms with Crippen LogP contribution < -0.4 is 5.32 Å². The molecule has 14 heteroatoms. The first-order valence-corrected chi connectivity index (χ1v) is 15.8. The molecule has 0 spiro atoms. The molecule has 1 rings (SSSR count). The van der Waals surface area contributed by atoms with E-state index >= 15 is 0 Å². The normalized spacial score (nSPS) is 15.3. The smallest absolute Gasteiger partial charge is 0.407 e. The van der Waals surface area contributed by atoms with Crippen LogP contribution in [-0.2, 0) is 14.3 Å². The molecule has 0 aromatic heterocycles. The van der Waals surface area contributed by atoms with Crippen LogP contribution in [0.5, 0.6) is 0 Å². The summed E-state index contributed by atoms with van der Waals surface area (Å²) in [5.74, 6) is 0. The second kappa shape index (κ2) is 22.2. The topological polar surface area (TPSA) is 165 Å². The first kappa shape index (κ1) is 38.7. The Bertz CT molecular complexity index is 965. The quantitative estimate of drug-likeness (QED) is 0.0930. The van der Waals surface area contributed by atoms with Gasteiger partial charge in [0.2, 0.25) is 18.5 Å². The molecule has 2 N–H and O–H groups in total. The van der Waals surface area contributed by atoms with Crippen LogP contribution in [0.15, 0.2) is 9.98 Å². The number of alkyl carbamates (subject to hydrolysis) is 1. The first-order valence-electron chi connectivity index (χ1n) is 15.8. The van der Waals surface area contributed by atoms with Gasteiger partial charge in [0.05, 0.1) is 13.1 Å². The van der Waals surface area contributed by atoms with Crippen LogP contribution in [0.3, 0.4) is 0 Å². The molecule has 1 saturated heterocycles. The summed E-state index contributed by atoms with van der Waals surface area (Å²) in [5.41, 5.74) is -0.260. The highest BCUT2D eigenvalue weighted by atomic mass is 16.5. The van der Waals surface area contributed by atoms with Crippen molar-refractivity contribution in [3.05, 3.63) is 0 Å². The molecule has 0 bridgehead atoms. The van der Waals surface area contributed by atoms with E-state index in [4.69, 9.17) is 4.74 Å². The molecular formula is C30H53N7O7. The van der Waals surface area contributed by atoms with E-state index in [1.54, 1.807) is 0 Å². The third-order valence-electron chi connectivity index (χ3n) is 7.82. The maximum absolute atomic E-state index is 13.3. The molecule has 1 aliphatic rings.